The van der Waals surface area contributed by atoms with Crippen molar-refractivity contribution >= 4 is 30.0 Å². The van der Waals surface area contributed by atoms with E-state index in [0.717, 1.165) is 24.3 Å². The van der Waals surface area contributed by atoms with E-state index >= 15 is 0 Å². The van der Waals surface area contributed by atoms with E-state index in [0.29, 0.717) is 49.9 Å². The number of alkyl halides is 6. The molecule has 304 valence electrons. The molecule has 2 amide bonds. The predicted octanol–water partition coefficient (Wildman–Crippen LogP) is 7.85. The molecule has 0 saturated carbocycles. The summed E-state index contributed by atoms with van der Waals surface area (Å²) in [6, 6.07) is 9.66. The van der Waals surface area contributed by atoms with Crippen molar-refractivity contribution in [2.75, 3.05) is 54.8 Å². The fourth-order valence-electron chi connectivity index (χ4n) is 4.88. The second-order valence-corrected chi connectivity index (χ2v) is 14.6. The summed E-state index contributed by atoms with van der Waals surface area (Å²) in [4.78, 5) is 40.0. The molecular weight excluding hydrogens is 734 g/mol. The van der Waals surface area contributed by atoms with Gasteiger partial charge in [-0.05, 0) is 103 Å². The van der Waals surface area contributed by atoms with Gasteiger partial charge in [0, 0.05) is 39.3 Å². The van der Waals surface area contributed by atoms with E-state index in [1.54, 1.807) is 41.5 Å². The number of hydrogen-bond donors (Lipinski definition) is 4. The van der Waals surface area contributed by atoms with Crippen molar-refractivity contribution < 1.29 is 45.4 Å². The van der Waals surface area contributed by atoms with E-state index < -0.39 is 46.9 Å². The summed E-state index contributed by atoms with van der Waals surface area (Å²) in [5, 5.41) is 11.6. The van der Waals surface area contributed by atoms with Crippen molar-refractivity contribution in [3.05, 3.63) is 70.8 Å². The number of carbonyl (C=O) groups is 2. The van der Waals surface area contributed by atoms with Gasteiger partial charge in [0.1, 0.15) is 11.2 Å². The maximum Gasteiger partial charge on any atom is 0.416 e. The van der Waals surface area contributed by atoms with E-state index in [1.165, 1.54) is 24.3 Å². The average molecular weight is 785 g/mol. The molecule has 12 nitrogen and oxygen atoms in total. The summed E-state index contributed by atoms with van der Waals surface area (Å²) in [6.45, 7) is 12.3. The lowest BCUT2D eigenvalue weighted by Gasteiger charge is -2.24. The second kappa shape index (κ2) is 19.5. The summed E-state index contributed by atoms with van der Waals surface area (Å²) in [5.41, 5.74) is -1.54. The Morgan fingerprint density at radius 1 is 0.582 bits per heavy atom. The third kappa shape index (κ3) is 17.3. The maximum atomic E-state index is 13.0. The number of halogens is 6. The van der Waals surface area contributed by atoms with Crippen molar-refractivity contribution in [2.45, 2.75) is 90.8 Å². The molecule has 0 unspecified atom stereocenters. The van der Waals surface area contributed by atoms with Crippen molar-refractivity contribution in [2.24, 2.45) is 0 Å². The Hall–Kier alpha value is -5.03. The molecule has 0 radical (unpaired) electrons. The molecule has 0 aliphatic rings. The Labute approximate surface area is 317 Å². The number of benzene rings is 2. The van der Waals surface area contributed by atoms with E-state index in [-0.39, 0.29) is 44.0 Å². The second-order valence-electron chi connectivity index (χ2n) is 14.6. The molecular formula is C37H50F6N8O4. The van der Waals surface area contributed by atoms with E-state index in [9.17, 15) is 35.9 Å². The normalized spacial score (nSPS) is 12.1. The summed E-state index contributed by atoms with van der Waals surface area (Å²) >= 11 is 0. The van der Waals surface area contributed by atoms with Gasteiger partial charge in [-0.3, -0.25) is 0 Å². The van der Waals surface area contributed by atoms with Crippen LogP contribution in [0.3, 0.4) is 0 Å². The number of alkyl carbamates (subject to hydrolysis) is 2. The van der Waals surface area contributed by atoms with Gasteiger partial charge in [0.25, 0.3) is 0 Å². The van der Waals surface area contributed by atoms with Gasteiger partial charge in [-0.15, -0.1) is 0 Å². The number of hydrogen-bond acceptors (Lipinski definition) is 10. The zero-order valence-corrected chi connectivity index (χ0v) is 31.9. The Morgan fingerprint density at radius 3 is 1.27 bits per heavy atom. The monoisotopic (exact) mass is 784 g/mol. The molecule has 3 rings (SSSR count). The molecule has 0 saturated heterocycles. The molecule has 0 fully saturated rings. The van der Waals surface area contributed by atoms with Crippen LogP contribution in [0.15, 0.2) is 48.5 Å². The lowest BCUT2D eigenvalue weighted by molar-refractivity contribution is -0.138. The molecule has 18 heteroatoms. The van der Waals surface area contributed by atoms with E-state index in [1.807, 2.05) is 4.90 Å². The van der Waals surface area contributed by atoms with Crippen molar-refractivity contribution in [3.63, 3.8) is 0 Å². The Kier molecular flexibility index (Phi) is 15.8. The summed E-state index contributed by atoms with van der Waals surface area (Å²) in [6.07, 6.45) is -8.41. The number of nitrogens with one attached hydrogen (secondary N) is 4. The summed E-state index contributed by atoms with van der Waals surface area (Å²) < 4.78 is 88.8. The first kappa shape index (κ1) is 44.4. The fraction of sp³-hybridized carbons (Fsp3) is 0.541. The highest BCUT2D eigenvalue weighted by molar-refractivity contribution is 5.68. The largest absolute Gasteiger partial charge is 0.444 e. The third-order valence-corrected chi connectivity index (χ3v) is 7.41. The highest BCUT2D eigenvalue weighted by atomic mass is 19.4. The number of carbonyl (C=O) groups excluding carboxylic acids is 2. The first-order valence-electron chi connectivity index (χ1n) is 17.8. The first-order chi connectivity index (χ1) is 25.6. The van der Waals surface area contributed by atoms with E-state index in [4.69, 9.17) is 9.47 Å². The molecule has 1 heterocycles. The minimum Gasteiger partial charge on any atom is -0.444 e. The number of anilines is 3. The Bertz CT molecular complexity index is 1540. The van der Waals surface area contributed by atoms with Gasteiger partial charge in [0.15, 0.2) is 0 Å². The number of ether oxygens (including phenoxy) is 2. The SMILES string of the molecule is CC(C)(C)OC(=O)NCCCN(CCCNC(=O)OC(C)(C)C)c1nc(NCCc2ccc(C(F)(F)F)cc2)nc(NCCc2ccc(C(F)(F)F)cc2)n1. The molecule has 0 spiro atoms. The Balaban J connectivity index is 1.79. The van der Waals surface area contributed by atoms with Gasteiger partial charge in [-0.2, -0.15) is 41.3 Å². The van der Waals surface area contributed by atoms with Crippen LogP contribution >= 0.6 is 0 Å². The van der Waals surface area contributed by atoms with Crippen LogP contribution in [-0.4, -0.2) is 77.6 Å². The van der Waals surface area contributed by atoms with Gasteiger partial charge < -0.3 is 35.6 Å². The zero-order valence-electron chi connectivity index (χ0n) is 31.9. The number of amides is 2. The first-order valence-corrected chi connectivity index (χ1v) is 17.8. The average Bonchev–Trinajstić information content (AvgIpc) is 3.05. The molecule has 0 bridgehead atoms. The van der Waals surface area contributed by atoms with E-state index in [2.05, 4.69) is 36.2 Å². The number of rotatable bonds is 17. The maximum absolute atomic E-state index is 13.0. The number of aromatic nitrogens is 3. The molecule has 0 aliphatic carbocycles. The minimum atomic E-state index is -4.45. The minimum absolute atomic E-state index is 0.165. The van der Waals surface area contributed by atoms with Gasteiger partial charge >= 0.3 is 24.5 Å². The number of nitrogens with zero attached hydrogens (tertiary/aromatic N) is 4. The van der Waals surface area contributed by atoms with Crippen LogP contribution < -0.4 is 26.2 Å². The third-order valence-electron chi connectivity index (χ3n) is 7.41. The molecule has 0 aliphatic heterocycles. The van der Waals surface area contributed by atoms with Crippen LogP contribution in [0.25, 0.3) is 0 Å². The fourth-order valence-corrected chi connectivity index (χ4v) is 4.88. The van der Waals surface area contributed by atoms with Crippen LogP contribution in [0.4, 0.5) is 53.8 Å². The lowest BCUT2D eigenvalue weighted by atomic mass is 10.1. The van der Waals surface area contributed by atoms with Crippen LogP contribution in [0.5, 0.6) is 0 Å². The van der Waals surface area contributed by atoms with Crippen LogP contribution in [0, 0.1) is 0 Å². The molecule has 4 N–H and O–H groups in total. The highest BCUT2D eigenvalue weighted by Crippen LogP contribution is 2.30. The molecule has 0 atom stereocenters. The van der Waals surface area contributed by atoms with Gasteiger partial charge in [0.05, 0.1) is 11.1 Å². The van der Waals surface area contributed by atoms with Gasteiger partial charge in [0.2, 0.25) is 17.8 Å². The molecule has 2 aromatic carbocycles. The quantitative estimate of drug-likeness (QED) is 0.0790. The predicted molar refractivity (Wildman–Crippen MR) is 197 cm³/mol. The van der Waals surface area contributed by atoms with Crippen LogP contribution in [0.2, 0.25) is 0 Å². The highest BCUT2D eigenvalue weighted by Gasteiger charge is 2.30. The zero-order chi connectivity index (χ0) is 40.9. The topological polar surface area (TPSA) is 143 Å². The summed E-state index contributed by atoms with van der Waals surface area (Å²) in [5.74, 6) is 0.578. The van der Waals surface area contributed by atoms with Crippen molar-refractivity contribution in [3.8, 4) is 0 Å². The smallest absolute Gasteiger partial charge is 0.416 e. The molecule has 1 aromatic heterocycles. The molecule has 3 aromatic rings. The van der Waals surface area contributed by atoms with Crippen LogP contribution in [0.1, 0.15) is 76.6 Å². The van der Waals surface area contributed by atoms with Crippen LogP contribution in [-0.2, 0) is 34.7 Å². The van der Waals surface area contributed by atoms with Crippen molar-refractivity contribution in [1.29, 1.82) is 0 Å². The Morgan fingerprint density at radius 2 is 0.945 bits per heavy atom. The van der Waals surface area contributed by atoms with Crippen molar-refractivity contribution in [1.82, 2.24) is 25.6 Å². The van der Waals surface area contributed by atoms with Gasteiger partial charge in [-0.25, -0.2) is 9.59 Å². The molecule has 55 heavy (non-hydrogen) atoms. The van der Waals surface area contributed by atoms with Gasteiger partial charge in [-0.1, -0.05) is 24.3 Å². The standard InChI is InChI=1S/C37H50F6N8O4/c1-34(2,3)54-32(52)46-19-7-23-51(24-8-20-47-33(53)55-35(4,5)6)31-49-29(44-21-17-25-9-13-27(14-10-25)36(38,39)40)48-30(50-31)45-22-18-26-11-15-28(16-12-26)37(41,42)43/h9-16H,7-8,17-24H2,1-6H3,(H,46,52)(H,47,53)(H2,44,45,48,49,50). The lowest BCUT2D eigenvalue weighted by Crippen LogP contribution is -2.36. The summed E-state index contributed by atoms with van der Waals surface area (Å²) in [7, 11) is 0.